The normalized spacial score (nSPS) is 15.1. The molecule has 8 heteroatoms. The molecule has 0 saturated carbocycles. The second-order valence-electron chi connectivity index (χ2n) is 6.11. The van der Waals surface area contributed by atoms with Gasteiger partial charge in [-0.15, -0.1) is 0 Å². The number of thioether (sulfide) groups is 1. The molecule has 2 heterocycles. The second-order valence-corrected chi connectivity index (χ2v) is 7.49. The number of carbonyl (C=O) groups excluding carboxylic acids is 1. The van der Waals surface area contributed by atoms with Gasteiger partial charge in [0.2, 0.25) is 5.91 Å². The first kappa shape index (κ1) is 18.2. The van der Waals surface area contributed by atoms with E-state index in [0.29, 0.717) is 47.4 Å². The summed E-state index contributed by atoms with van der Waals surface area (Å²) in [4.78, 5) is 31.5. The maximum Gasteiger partial charge on any atom is 0.262 e. The van der Waals surface area contributed by atoms with Gasteiger partial charge in [-0.1, -0.05) is 23.4 Å². The van der Waals surface area contributed by atoms with Crippen molar-refractivity contribution >= 4 is 40.2 Å². The summed E-state index contributed by atoms with van der Waals surface area (Å²) >= 11 is 7.32. The van der Waals surface area contributed by atoms with E-state index in [1.807, 2.05) is 13.8 Å². The van der Waals surface area contributed by atoms with Gasteiger partial charge in [-0.3, -0.25) is 14.2 Å². The monoisotopic (exact) mass is 381 g/mol. The summed E-state index contributed by atoms with van der Waals surface area (Å²) in [5.41, 5.74) is 0.439. The molecule has 2 aromatic rings. The molecule has 0 unspecified atom stereocenters. The van der Waals surface area contributed by atoms with Crippen LogP contribution >= 0.6 is 23.4 Å². The number of nitrogens with zero attached hydrogens (tertiary/aromatic N) is 3. The van der Waals surface area contributed by atoms with Crippen molar-refractivity contribution in [2.45, 2.75) is 25.0 Å². The van der Waals surface area contributed by atoms with Crippen molar-refractivity contribution in [3.8, 4) is 0 Å². The molecule has 1 aromatic heterocycles. The highest BCUT2D eigenvalue weighted by atomic mass is 35.5. The summed E-state index contributed by atoms with van der Waals surface area (Å²) in [5.74, 6) is 0.273. The molecule has 6 nitrogen and oxygen atoms in total. The van der Waals surface area contributed by atoms with E-state index in [4.69, 9.17) is 16.3 Å². The summed E-state index contributed by atoms with van der Waals surface area (Å²) in [6.45, 7) is 6.21. The molecule has 3 rings (SSSR count). The van der Waals surface area contributed by atoms with Crippen LogP contribution in [-0.2, 0) is 9.53 Å². The van der Waals surface area contributed by atoms with E-state index in [2.05, 4.69) is 4.98 Å². The van der Waals surface area contributed by atoms with E-state index >= 15 is 0 Å². The molecule has 0 atom stereocenters. The lowest BCUT2D eigenvalue weighted by molar-refractivity contribution is -0.132. The van der Waals surface area contributed by atoms with Crippen molar-refractivity contribution in [2.24, 2.45) is 0 Å². The Kier molecular flexibility index (Phi) is 5.66. The Morgan fingerprint density at radius 3 is 2.76 bits per heavy atom. The van der Waals surface area contributed by atoms with Crippen molar-refractivity contribution in [2.75, 3.05) is 32.1 Å². The highest BCUT2D eigenvalue weighted by Crippen LogP contribution is 2.23. The Morgan fingerprint density at radius 2 is 2.08 bits per heavy atom. The van der Waals surface area contributed by atoms with Crippen LogP contribution in [0.3, 0.4) is 0 Å². The van der Waals surface area contributed by atoms with Crippen LogP contribution in [0.25, 0.3) is 10.9 Å². The Hall–Kier alpha value is -1.57. The molecule has 134 valence electrons. The van der Waals surface area contributed by atoms with Crippen LogP contribution in [0.4, 0.5) is 0 Å². The van der Waals surface area contributed by atoms with Crippen LogP contribution in [0, 0.1) is 0 Å². The van der Waals surface area contributed by atoms with Gasteiger partial charge in [-0.05, 0) is 32.0 Å². The van der Waals surface area contributed by atoms with Crippen LogP contribution in [-0.4, -0.2) is 52.4 Å². The number of hydrogen-bond acceptors (Lipinski definition) is 5. The zero-order valence-corrected chi connectivity index (χ0v) is 15.8. The van der Waals surface area contributed by atoms with Crippen LogP contribution in [0.15, 0.2) is 28.2 Å². The fourth-order valence-electron chi connectivity index (χ4n) is 2.74. The third-order valence-electron chi connectivity index (χ3n) is 4.04. The third-order valence-corrected chi connectivity index (χ3v) is 5.21. The van der Waals surface area contributed by atoms with Gasteiger partial charge in [0.05, 0.1) is 29.9 Å². The quantitative estimate of drug-likeness (QED) is 0.601. The summed E-state index contributed by atoms with van der Waals surface area (Å²) in [5, 5.41) is 1.60. The van der Waals surface area contributed by atoms with Crippen LogP contribution < -0.4 is 5.56 Å². The highest BCUT2D eigenvalue weighted by Gasteiger charge is 2.19. The first-order valence-electron chi connectivity index (χ1n) is 8.17. The van der Waals surface area contributed by atoms with Crippen molar-refractivity contribution in [3.63, 3.8) is 0 Å². The molecule has 0 radical (unpaired) electrons. The van der Waals surface area contributed by atoms with E-state index < -0.39 is 0 Å². The van der Waals surface area contributed by atoms with E-state index in [1.54, 1.807) is 27.7 Å². The van der Waals surface area contributed by atoms with Crippen molar-refractivity contribution < 1.29 is 9.53 Å². The van der Waals surface area contributed by atoms with Gasteiger partial charge in [-0.25, -0.2) is 4.98 Å². The Bertz CT molecular complexity index is 847. The van der Waals surface area contributed by atoms with Crippen molar-refractivity contribution in [1.82, 2.24) is 14.5 Å². The average molecular weight is 382 g/mol. The molecule has 0 N–H and O–H groups in total. The van der Waals surface area contributed by atoms with Gasteiger partial charge in [0.1, 0.15) is 0 Å². The zero-order chi connectivity index (χ0) is 18.0. The fraction of sp³-hybridized carbons (Fsp3) is 0.471. The zero-order valence-electron chi connectivity index (χ0n) is 14.2. The minimum Gasteiger partial charge on any atom is -0.378 e. The molecule has 1 saturated heterocycles. The van der Waals surface area contributed by atoms with Gasteiger partial charge in [-0.2, -0.15) is 0 Å². The van der Waals surface area contributed by atoms with E-state index in [-0.39, 0.29) is 23.3 Å². The van der Waals surface area contributed by atoms with Crippen molar-refractivity contribution in [3.05, 3.63) is 33.6 Å². The maximum atomic E-state index is 12.8. The number of fused-ring (bicyclic) bond motifs is 1. The van der Waals surface area contributed by atoms with Crippen LogP contribution in [0.1, 0.15) is 19.9 Å². The standard InChI is InChI=1S/C17H20ClN3O3S/c1-11(2)21-16(23)13-4-3-12(18)9-14(13)19-17(21)25-10-15(22)20-5-7-24-8-6-20/h3-4,9,11H,5-8,10H2,1-2H3. The predicted octanol–water partition coefficient (Wildman–Crippen LogP) is 2.58. The number of ether oxygens (including phenoxy) is 1. The lowest BCUT2D eigenvalue weighted by Crippen LogP contribution is -2.41. The van der Waals surface area contributed by atoms with Gasteiger partial charge < -0.3 is 9.64 Å². The number of hydrogen-bond donors (Lipinski definition) is 0. The Labute approximate surface area is 155 Å². The van der Waals surface area contributed by atoms with Gasteiger partial charge >= 0.3 is 0 Å². The summed E-state index contributed by atoms with van der Waals surface area (Å²) in [6, 6.07) is 5.00. The third kappa shape index (κ3) is 3.99. The lowest BCUT2D eigenvalue weighted by Gasteiger charge is -2.26. The molecular formula is C17H20ClN3O3S. The molecule has 0 bridgehead atoms. The number of morpholine rings is 1. The number of aromatic nitrogens is 2. The summed E-state index contributed by atoms with van der Waals surface area (Å²) < 4.78 is 6.90. The number of halogens is 1. The molecule has 1 aromatic carbocycles. The summed E-state index contributed by atoms with van der Waals surface area (Å²) in [7, 11) is 0. The van der Waals surface area contributed by atoms with E-state index in [0.717, 1.165) is 0 Å². The van der Waals surface area contributed by atoms with Gasteiger partial charge in [0.15, 0.2) is 5.16 Å². The number of benzene rings is 1. The number of rotatable bonds is 4. The molecule has 1 aliphatic heterocycles. The fourth-order valence-corrected chi connectivity index (χ4v) is 3.94. The Balaban J connectivity index is 1.90. The minimum absolute atomic E-state index is 0.0315. The highest BCUT2D eigenvalue weighted by molar-refractivity contribution is 7.99. The maximum absolute atomic E-state index is 12.8. The van der Waals surface area contributed by atoms with Gasteiger partial charge in [0, 0.05) is 24.2 Å². The first-order valence-corrected chi connectivity index (χ1v) is 9.54. The second kappa shape index (κ2) is 7.76. The van der Waals surface area contributed by atoms with E-state index in [9.17, 15) is 9.59 Å². The lowest BCUT2D eigenvalue weighted by atomic mass is 10.2. The Morgan fingerprint density at radius 1 is 1.36 bits per heavy atom. The molecule has 1 aliphatic rings. The topological polar surface area (TPSA) is 64.4 Å². The molecular weight excluding hydrogens is 362 g/mol. The first-order chi connectivity index (χ1) is 12.0. The number of carbonyl (C=O) groups is 1. The molecule has 25 heavy (non-hydrogen) atoms. The van der Waals surface area contributed by atoms with Crippen molar-refractivity contribution in [1.29, 1.82) is 0 Å². The smallest absolute Gasteiger partial charge is 0.262 e. The molecule has 1 amide bonds. The van der Waals surface area contributed by atoms with E-state index in [1.165, 1.54) is 11.8 Å². The predicted molar refractivity (Wildman–Crippen MR) is 99.5 cm³/mol. The number of amides is 1. The van der Waals surface area contributed by atoms with Gasteiger partial charge in [0.25, 0.3) is 5.56 Å². The largest absolute Gasteiger partial charge is 0.378 e. The molecule has 0 aliphatic carbocycles. The minimum atomic E-state index is -0.113. The van der Waals surface area contributed by atoms with Crippen LogP contribution in [0.2, 0.25) is 5.02 Å². The molecule has 0 spiro atoms. The van der Waals surface area contributed by atoms with Crippen LogP contribution in [0.5, 0.6) is 0 Å². The average Bonchev–Trinajstić information content (AvgIpc) is 2.59. The SMILES string of the molecule is CC(C)n1c(SCC(=O)N2CCOCC2)nc2cc(Cl)ccc2c1=O. The summed E-state index contributed by atoms with van der Waals surface area (Å²) in [6.07, 6.45) is 0. The molecule has 1 fully saturated rings.